The third-order valence-corrected chi connectivity index (χ3v) is 4.24. The van der Waals surface area contributed by atoms with Gasteiger partial charge in [-0.05, 0) is 13.0 Å². The molecule has 0 aliphatic heterocycles. The van der Waals surface area contributed by atoms with E-state index in [4.69, 9.17) is 5.73 Å². The first kappa shape index (κ1) is 13.8. The topological polar surface area (TPSA) is 86.2 Å². The molecular weight excluding hydrogens is 240 g/mol. The zero-order valence-corrected chi connectivity index (χ0v) is 10.5. The second-order valence-electron chi connectivity index (χ2n) is 3.80. The van der Waals surface area contributed by atoms with Gasteiger partial charge in [0.05, 0.1) is 10.7 Å². The number of hydrogen-bond acceptors (Lipinski definition) is 4. The second-order valence-corrected chi connectivity index (χ2v) is 5.65. The summed E-state index contributed by atoms with van der Waals surface area (Å²) in [6.45, 7) is 2.32. The van der Waals surface area contributed by atoms with Crippen molar-refractivity contribution in [3.05, 3.63) is 39.9 Å². The van der Waals surface area contributed by atoms with Crippen LogP contribution in [-0.2, 0) is 16.6 Å². The van der Waals surface area contributed by atoms with Crippen LogP contribution in [0, 0.1) is 10.1 Å². The average molecular weight is 256 g/mol. The van der Waals surface area contributed by atoms with Crippen LogP contribution in [0.1, 0.15) is 18.9 Å². The minimum Gasteiger partial charge on any atom is -0.330 e. The molecule has 6 heteroatoms. The first-order chi connectivity index (χ1) is 8.06. The van der Waals surface area contributed by atoms with Gasteiger partial charge in [0.2, 0.25) is 0 Å². The van der Waals surface area contributed by atoms with Crippen LogP contribution in [0.2, 0.25) is 0 Å². The van der Waals surface area contributed by atoms with E-state index >= 15 is 0 Å². The third-order valence-electron chi connectivity index (χ3n) is 2.51. The van der Waals surface area contributed by atoms with Gasteiger partial charge in [0.15, 0.2) is 0 Å². The lowest BCUT2D eigenvalue weighted by molar-refractivity contribution is -0.385. The third kappa shape index (κ3) is 3.90. The second kappa shape index (κ2) is 6.46. The van der Waals surface area contributed by atoms with Crippen molar-refractivity contribution in [2.75, 3.05) is 6.54 Å². The van der Waals surface area contributed by atoms with Gasteiger partial charge in [-0.3, -0.25) is 14.3 Å². The molecule has 0 radical (unpaired) electrons. The van der Waals surface area contributed by atoms with Crippen molar-refractivity contribution in [3.8, 4) is 0 Å². The van der Waals surface area contributed by atoms with E-state index in [0.29, 0.717) is 18.5 Å². The van der Waals surface area contributed by atoms with Gasteiger partial charge in [0.1, 0.15) is 0 Å². The molecule has 1 rings (SSSR count). The monoisotopic (exact) mass is 256 g/mol. The standard InChI is InChI=1S/C11H16N2O3S/c1-9(6-7-12)17(16)8-10-4-2-3-5-11(10)13(14)15/h2-5,9H,6-8,12H2,1H3. The molecule has 17 heavy (non-hydrogen) atoms. The molecule has 0 aliphatic carbocycles. The van der Waals surface area contributed by atoms with E-state index < -0.39 is 15.7 Å². The van der Waals surface area contributed by atoms with Crippen molar-refractivity contribution >= 4 is 16.5 Å². The van der Waals surface area contributed by atoms with Crippen LogP contribution < -0.4 is 5.73 Å². The van der Waals surface area contributed by atoms with Gasteiger partial charge in [-0.2, -0.15) is 0 Å². The first-order valence-electron chi connectivity index (χ1n) is 5.35. The molecule has 0 amide bonds. The molecule has 1 aromatic rings. The lowest BCUT2D eigenvalue weighted by Gasteiger charge is -2.10. The molecule has 2 atom stereocenters. The predicted molar refractivity (Wildman–Crippen MR) is 68.1 cm³/mol. The SMILES string of the molecule is CC(CCN)S(=O)Cc1ccccc1[N+](=O)[O-]. The summed E-state index contributed by atoms with van der Waals surface area (Å²) in [4.78, 5) is 10.3. The van der Waals surface area contributed by atoms with Gasteiger partial charge in [-0.15, -0.1) is 0 Å². The summed E-state index contributed by atoms with van der Waals surface area (Å²) in [5, 5.41) is 10.7. The Balaban J connectivity index is 2.81. The quantitative estimate of drug-likeness (QED) is 0.618. The molecule has 0 aromatic heterocycles. The van der Waals surface area contributed by atoms with E-state index in [0.717, 1.165) is 0 Å². The number of para-hydroxylation sites is 1. The molecule has 2 N–H and O–H groups in total. The summed E-state index contributed by atoms with van der Waals surface area (Å²) in [5.74, 6) is 0.207. The van der Waals surface area contributed by atoms with Gasteiger partial charge >= 0.3 is 0 Å². The van der Waals surface area contributed by atoms with Gasteiger partial charge in [0.25, 0.3) is 5.69 Å². The normalized spacial score (nSPS) is 14.2. The van der Waals surface area contributed by atoms with Crippen molar-refractivity contribution in [2.24, 2.45) is 5.73 Å². The van der Waals surface area contributed by atoms with E-state index in [2.05, 4.69) is 0 Å². The van der Waals surface area contributed by atoms with Crippen molar-refractivity contribution in [3.63, 3.8) is 0 Å². The molecule has 0 bridgehead atoms. The zero-order valence-electron chi connectivity index (χ0n) is 9.67. The van der Waals surface area contributed by atoms with E-state index in [1.165, 1.54) is 6.07 Å². The van der Waals surface area contributed by atoms with Crippen LogP contribution in [0.3, 0.4) is 0 Å². The minimum absolute atomic E-state index is 0.0285. The largest absolute Gasteiger partial charge is 0.330 e. The number of nitro groups is 1. The Morgan fingerprint density at radius 2 is 2.12 bits per heavy atom. The molecule has 0 spiro atoms. The Morgan fingerprint density at radius 1 is 1.47 bits per heavy atom. The molecule has 94 valence electrons. The van der Waals surface area contributed by atoms with E-state index in [-0.39, 0.29) is 16.7 Å². The van der Waals surface area contributed by atoms with E-state index in [9.17, 15) is 14.3 Å². The van der Waals surface area contributed by atoms with Gasteiger partial charge < -0.3 is 5.73 Å². The number of rotatable bonds is 6. The Hall–Kier alpha value is -1.27. The number of hydrogen-bond donors (Lipinski definition) is 1. The maximum atomic E-state index is 11.9. The van der Waals surface area contributed by atoms with Crippen LogP contribution in [0.25, 0.3) is 0 Å². The Kier molecular flexibility index (Phi) is 5.24. The lowest BCUT2D eigenvalue weighted by Crippen LogP contribution is -2.17. The molecule has 5 nitrogen and oxygen atoms in total. The smallest absolute Gasteiger partial charge is 0.273 e. The first-order valence-corrected chi connectivity index (χ1v) is 6.74. The maximum absolute atomic E-state index is 11.9. The molecule has 0 fully saturated rings. The van der Waals surface area contributed by atoms with Crippen molar-refractivity contribution in [2.45, 2.75) is 24.3 Å². The van der Waals surface area contributed by atoms with Crippen LogP contribution in [0.4, 0.5) is 5.69 Å². The van der Waals surface area contributed by atoms with Gasteiger partial charge in [-0.25, -0.2) is 0 Å². The number of nitrogens with zero attached hydrogens (tertiary/aromatic N) is 1. The number of nitro benzene ring substituents is 1. The highest BCUT2D eigenvalue weighted by Gasteiger charge is 2.17. The average Bonchev–Trinajstić information content (AvgIpc) is 2.29. The molecule has 2 unspecified atom stereocenters. The molecule has 0 saturated carbocycles. The van der Waals surface area contributed by atoms with Crippen molar-refractivity contribution in [1.82, 2.24) is 0 Å². The summed E-state index contributed by atoms with van der Waals surface area (Å²) in [6.07, 6.45) is 0.660. The van der Waals surface area contributed by atoms with Crippen LogP contribution >= 0.6 is 0 Å². The van der Waals surface area contributed by atoms with Crippen LogP contribution in [0.15, 0.2) is 24.3 Å². The Morgan fingerprint density at radius 3 is 2.71 bits per heavy atom. The summed E-state index contributed by atoms with van der Waals surface area (Å²) in [5.41, 5.74) is 5.94. The highest BCUT2D eigenvalue weighted by molar-refractivity contribution is 7.84. The van der Waals surface area contributed by atoms with E-state index in [1.807, 2.05) is 6.92 Å². The summed E-state index contributed by atoms with van der Waals surface area (Å²) in [7, 11) is -1.13. The minimum atomic E-state index is -1.13. The van der Waals surface area contributed by atoms with Gasteiger partial charge in [0, 0.05) is 27.7 Å². The number of nitrogens with two attached hydrogens (primary N) is 1. The summed E-state index contributed by atoms with van der Waals surface area (Å²) >= 11 is 0. The summed E-state index contributed by atoms with van der Waals surface area (Å²) < 4.78 is 11.9. The fraction of sp³-hybridized carbons (Fsp3) is 0.455. The molecule has 0 aliphatic rings. The fourth-order valence-electron chi connectivity index (χ4n) is 1.47. The number of benzene rings is 1. The van der Waals surface area contributed by atoms with Gasteiger partial charge in [-0.1, -0.05) is 25.1 Å². The van der Waals surface area contributed by atoms with Crippen molar-refractivity contribution < 1.29 is 9.13 Å². The fourth-order valence-corrected chi connectivity index (χ4v) is 2.71. The maximum Gasteiger partial charge on any atom is 0.273 e. The highest BCUT2D eigenvalue weighted by atomic mass is 32.2. The highest BCUT2D eigenvalue weighted by Crippen LogP contribution is 2.20. The Labute approximate surface area is 103 Å². The van der Waals surface area contributed by atoms with Crippen LogP contribution in [0.5, 0.6) is 0 Å². The lowest BCUT2D eigenvalue weighted by atomic mass is 10.2. The predicted octanol–water partition coefficient (Wildman–Crippen LogP) is 1.58. The molecule has 0 heterocycles. The molecule has 1 aromatic carbocycles. The molecular formula is C11H16N2O3S. The summed E-state index contributed by atoms with van der Waals surface area (Å²) in [6, 6.07) is 6.40. The van der Waals surface area contributed by atoms with E-state index in [1.54, 1.807) is 18.2 Å². The molecule has 0 saturated heterocycles. The van der Waals surface area contributed by atoms with Crippen LogP contribution in [-0.4, -0.2) is 20.9 Å². The zero-order chi connectivity index (χ0) is 12.8. The van der Waals surface area contributed by atoms with Crippen molar-refractivity contribution in [1.29, 1.82) is 0 Å². The Bertz CT molecular complexity index is 423.